The third-order valence-electron chi connectivity index (χ3n) is 3.81. The Kier molecular flexibility index (Phi) is 5.15. The first-order chi connectivity index (χ1) is 9.95. The second-order valence-corrected chi connectivity index (χ2v) is 6.47. The molecule has 1 saturated heterocycles. The van der Waals surface area contributed by atoms with Crippen LogP contribution in [0.5, 0.6) is 0 Å². The molecule has 0 radical (unpaired) electrons. The first-order valence-corrected chi connectivity index (χ1v) is 7.84. The summed E-state index contributed by atoms with van der Waals surface area (Å²) in [7, 11) is 0. The van der Waals surface area contributed by atoms with Gasteiger partial charge < -0.3 is 10.2 Å². The van der Waals surface area contributed by atoms with Gasteiger partial charge in [0, 0.05) is 25.3 Å². The lowest BCUT2D eigenvalue weighted by Crippen LogP contribution is -2.35. The number of amides is 1. The molecule has 0 bridgehead atoms. The fourth-order valence-electron chi connectivity index (χ4n) is 2.41. The number of carbonyl (C=O) groups is 1. The lowest BCUT2D eigenvalue weighted by atomic mass is 10.00. The van der Waals surface area contributed by atoms with Gasteiger partial charge in [0.15, 0.2) is 0 Å². The number of nitrogens with zero attached hydrogens (tertiary/aromatic N) is 3. The molecule has 1 N–H and O–H groups in total. The fraction of sp³-hybridized carbons (Fsp3) is 0.688. The normalized spacial score (nSPS) is 16.3. The zero-order valence-corrected chi connectivity index (χ0v) is 13.5. The molecule has 0 spiro atoms. The molecule has 0 aromatic carbocycles. The highest BCUT2D eigenvalue weighted by Crippen LogP contribution is 2.20. The SMILES string of the molecule is Cc1cc(C(=O)NCC(C)C)nc(N2CCC(C)CC2)n1. The fourth-order valence-corrected chi connectivity index (χ4v) is 2.41. The van der Waals surface area contributed by atoms with E-state index in [1.807, 2.05) is 6.92 Å². The van der Waals surface area contributed by atoms with Crippen LogP contribution in [0.25, 0.3) is 0 Å². The molecule has 1 aliphatic rings. The molecule has 116 valence electrons. The monoisotopic (exact) mass is 290 g/mol. The van der Waals surface area contributed by atoms with Crippen LogP contribution in [0.4, 0.5) is 5.95 Å². The van der Waals surface area contributed by atoms with Crippen LogP contribution in [0.1, 0.15) is 49.8 Å². The van der Waals surface area contributed by atoms with Crippen LogP contribution in [-0.4, -0.2) is 35.5 Å². The summed E-state index contributed by atoms with van der Waals surface area (Å²) < 4.78 is 0. The van der Waals surface area contributed by atoms with Crippen molar-refractivity contribution in [3.8, 4) is 0 Å². The molecule has 5 heteroatoms. The zero-order valence-electron chi connectivity index (χ0n) is 13.5. The van der Waals surface area contributed by atoms with E-state index in [4.69, 9.17) is 0 Å². The Morgan fingerprint density at radius 3 is 2.67 bits per heavy atom. The molecular weight excluding hydrogens is 264 g/mol. The predicted molar refractivity (Wildman–Crippen MR) is 84.6 cm³/mol. The van der Waals surface area contributed by atoms with E-state index < -0.39 is 0 Å². The first-order valence-electron chi connectivity index (χ1n) is 7.84. The van der Waals surface area contributed by atoms with Crippen molar-refractivity contribution in [1.29, 1.82) is 0 Å². The number of anilines is 1. The maximum absolute atomic E-state index is 12.2. The highest BCUT2D eigenvalue weighted by molar-refractivity contribution is 5.92. The van der Waals surface area contributed by atoms with Gasteiger partial charge in [-0.25, -0.2) is 9.97 Å². The molecule has 1 aromatic heterocycles. The Labute approximate surface area is 127 Å². The van der Waals surface area contributed by atoms with Gasteiger partial charge in [-0.2, -0.15) is 0 Å². The summed E-state index contributed by atoms with van der Waals surface area (Å²) in [4.78, 5) is 23.3. The molecule has 1 aromatic rings. The molecule has 0 aliphatic carbocycles. The number of rotatable bonds is 4. The summed E-state index contributed by atoms with van der Waals surface area (Å²) >= 11 is 0. The minimum atomic E-state index is -0.110. The van der Waals surface area contributed by atoms with Gasteiger partial charge in [-0.1, -0.05) is 20.8 Å². The quantitative estimate of drug-likeness (QED) is 0.925. The number of hydrogen-bond acceptors (Lipinski definition) is 4. The zero-order chi connectivity index (χ0) is 15.4. The molecule has 0 unspecified atom stereocenters. The van der Waals surface area contributed by atoms with Gasteiger partial charge in [-0.05, 0) is 37.7 Å². The minimum Gasteiger partial charge on any atom is -0.350 e. The maximum atomic E-state index is 12.2. The van der Waals surface area contributed by atoms with Gasteiger partial charge in [0.25, 0.3) is 5.91 Å². The summed E-state index contributed by atoms with van der Waals surface area (Å²) in [5.41, 5.74) is 1.31. The highest BCUT2D eigenvalue weighted by Gasteiger charge is 2.20. The van der Waals surface area contributed by atoms with Gasteiger partial charge in [-0.15, -0.1) is 0 Å². The number of nitrogens with one attached hydrogen (secondary N) is 1. The number of carbonyl (C=O) groups excluding carboxylic acids is 1. The standard InChI is InChI=1S/C16H26N4O/c1-11(2)10-17-15(21)14-9-13(4)18-16(19-14)20-7-5-12(3)6-8-20/h9,11-12H,5-8,10H2,1-4H3,(H,17,21). The van der Waals surface area contributed by atoms with Gasteiger partial charge in [-0.3, -0.25) is 4.79 Å². The Morgan fingerprint density at radius 1 is 1.38 bits per heavy atom. The predicted octanol–water partition coefficient (Wildman–Crippen LogP) is 2.41. The Bertz CT molecular complexity index is 493. The number of aryl methyl sites for hydroxylation is 1. The van der Waals surface area contributed by atoms with Crippen LogP contribution in [0, 0.1) is 18.8 Å². The van der Waals surface area contributed by atoms with E-state index in [0.29, 0.717) is 24.1 Å². The summed E-state index contributed by atoms with van der Waals surface area (Å²) in [5.74, 6) is 1.78. The van der Waals surface area contributed by atoms with Crippen LogP contribution < -0.4 is 10.2 Å². The molecular formula is C16H26N4O. The summed E-state index contributed by atoms with van der Waals surface area (Å²) in [6, 6.07) is 1.76. The lowest BCUT2D eigenvalue weighted by molar-refractivity contribution is 0.0943. The molecule has 0 atom stereocenters. The van der Waals surface area contributed by atoms with Crippen molar-refractivity contribution in [3.05, 3.63) is 17.5 Å². The molecule has 1 amide bonds. The number of hydrogen-bond donors (Lipinski definition) is 1. The third-order valence-corrected chi connectivity index (χ3v) is 3.81. The minimum absolute atomic E-state index is 0.110. The van der Waals surface area contributed by atoms with E-state index in [2.05, 4.69) is 41.0 Å². The van der Waals surface area contributed by atoms with E-state index in [0.717, 1.165) is 37.5 Å². The molecule has 1 aliphatic heterocycles. The van der Waals surface area contributed by atoms with E-state index in [1.54, 1.807) is 6.07 Å². The second-order valence-electron chi connectivity index (χ2n) is 6.47. The molecule has 5 nitrogen and oxygen atoms in total. The smallest absolute Gasteiger partial charge is 0.270 e. The average Bonchev–Trinajstić information content (AvgIpc) is 2.44. The maximum Gasteiger partial charge on any atom is 0.270 e. The van der Waals surface area contributed by atoms with Gasteiger partial charge in [0.1, 0.15) is 5.69 Å². The lowest BCUT2D eigenvalue weighted by Gasteiger charge is -2.30. The van der Waals surface area contributed by atoms with E-state index in [9.17, 15) is 4.79 Å². The molecule has 1 fully saturated rings. The topological polar surface area (TPSA) is 58.1 Å². The summed E-state index contributed by atoms with van der Waals surface area (Å²) in [5, 5.41) is 2.92. The Balaban J connectivity index is 2.11. The van der Waals surface area contributed by atoms with Gasteiger partial charge >= 0.3 is 0 Å². The van der Waals surface area contributed by atoms with Crippen molar-refractivity contribution in [1.82, 2.24) is 15.3 Å². The van der Waals surface area contributed by atoms with Crippen LogP contribution >= 0.6 is 0 Å². The summed E-state index contributed by atoms with van der Waals surface area (Å²) in [6.45, 7) is 10.9. The molecule has 21 heavy (non-hydrogen) atoms. The van der Waals surface area contributed by atoms with Gasteiger partial charge in [0.2, 0.25) is 5.95 Å². The van der Waals surface area contributed by atoms with Crippen molar-refractivity contribution >= 4 is 11.9 Å². The van der Waals surface area contributed by atoms with Gasteiger partial charge in [0.05, 0.1) is 0 Å². The number of piperidine rings is 1. The van der Waals surface area contributed by atoms with Crippen LogP contribution in [-0.2, 0) is 0 Å². The largest absolute Gasteiger partial charge is 0.350 e. The van der Waals surface area contributed by atoms with Crippen molar-refractivity contribution in [2.24, 2.45) is 11.8 Å². The van der Waals surface area contributed by atoms with Crippen molar-refractivity contribution in [3.63, 3.8) is 0 Å². The van der Waals surface area contributed by atoms with E-state index in [-0.39, 0.29) is 5.91 Å². The average molecular weight is 290 g/mol. The molecule has 2 heterocycles. The Morgan fingerprint density at radius 2 is 2.05 bits per heavy atom. The highest BCUT2D eigenvalue weighted by atomic mass is 16.1. The van der Waals surface area contributed by atoms with Crippen LogP contribution in [0.3, 0.4) is 0 Å². The van der Waals surface area contributed by atoms with Crippen molar-refractivity contribution in [2.45, 2.75) is 40.5 Å². The van der Waals surface area contributed by atoms with Crippen molar-refractivity contribution < 1.29 is 4.79 Å². The van der Waals surface area contributed by atoms with Crippen molar-refractivity contribution in [2.75, 3.05) is 24.5 Å². The third kappa shape index (κ3) is 4.41. The number of aromatic nitrogens is 2. The second kappa shape index (κ2) is 6.87. The van der Waals surface area contributed by atoms with E-state index in [1.165, 1.54) is 0 Å². The summed E-state index contributed by atoms with van der Waals surface area (Å²) in [6.07, 6.45) is 2.32. The van der Waals surface area contributed by atoms with Crippen LogP contribution in [0.2, 0.25) is 0 Å². The molecule has 2 rings (SSSR count). The van der Waals surface area contributed by atoms with E-state index >= 15 is 0 Å². The molecule has 0 saturated carbocycles. The Hall–Kier alpha value is -1.65. The van der Waals surface area contributed by atoms with Crippen LogP contribution in [0.15, 0.2) is 6.07 Å². The first kappa shape index (κ1) is 15.7.